The summed E-state index contributed by atoms with van der Waals surface area (Å²) >= 11 is 0. The van der Waals surface area contributed by atoms with Crippen molar-refractivity contribution in [2.24, 2.45) is 0 Å². The van der Waals surface area contributed by atoms with E-state index < -0.39 is 0 Å². The van der Waals surface area contributed by atoms with Crippen molar-refractivity contribution in [3.8, 4) is 0 Å². The van der Waals surface area contributed by atoms with Gasteiger partial charge in [-0.3, -0.25) is 0 Å². The topological polar surface area (TPSA) is 62.8 Å². The number of rotatable bonds is 8. The fourth-order valence-corrected chi connectivity index (χ4v) is 1.66. The number of carbonyl (C=O) groups is 1. The van der Waals surface area contributed by atoms with Crippen molar-refractivity contribution in [3.05, 3.63) is 0 Å². The minimum absolute atomic E-state index is 0.151. The van der Waals surface area contributed by atoms with E-state index in [0.29, 0.717) is 26.3 Å². The van der Waals surface area contributed by atoms with E-state index in [-0.39, 0.29) is 12.1 Å². The minimum Gasteiger partial charge on any atom is -0.378 e. The quantitative estimate of drug-likeness (QED) is 0.604. The Labute approximate surface area is 109 Å². The van der Waals surface area contributed by atoms with E-state index in [1.54, 1.807) is 0 Å². The standard InChI is InChI=1S/C12H25N3O3/c1-15(2)6-9-17-8-5-13-12(16)14-10-11-4-3-7-18-11/h11H,3-10H2,1-2H3,(H2,13,14,16). The van der Waals surface area contributed by atoms with Crippen molar-refractivity contribution in [3.63, 3.8) is 0 Å². The van der Waals surface area contributed by atoms with Gasteiger partial charge in [-0.2, -0.15) is 0 Å². The highest BCUT2D eigenvalue weighted by molar-refractivity contribution is 5.73. The predicted octanol–water partition coefficient (Wildman–Crippen LogP) is 0.0428. The summed E-state index contributed by atoms with van der Waals surface area (Å²) in [5.74, 6) is 0. The van der Waals surface area contributed by atoms with Gasteiger partial charge in [0, 0.05) is 26.2 Å². The third-order valence-corrected chi connectivity index (χ3v) is 2.73. The number of likely N-dealkylation sites (N-methyl/N-ethyl adjacent to an activating group) is 1. The second-order valence-corrected chi connectivity index (χ2v) is 4.69. The highest BCUT2D eigenvalue weighted by Crippen LogP contribution is 2.10. The molecule has 6 nitrogen and oxygen atoms in total. The minimum atomic E-state index is -0.151. The lowest BCUT2D eigenvalue weighted by Crippen LogP contribution is -2.40. The van der Waals surface area contributed by atoms with Crippen molar-refractivity contribution in [2.45, 2.75) is 18.9 Å². The van der Waals surface area contributed by atoms with Crippen LogP contribution >= 0.6 is 0 Å². The summed E-state index contributed by atoms with van der Waals surface area (Å²) in [6, 6.07) is -0.151. The molecule has 0 spiro atoms. The van der Waals surface area contributed by atoms with Crippen LogP contribution in [0.3, 0.4) is 0 Å². The molecule has 0 bridgehead atoms. The summed E-state index contributed by atoms with van der Waals surface area (Å²) in [5.41, 5.74) is 0. The Balaban J connectivity index is 1.87. The molecule has 2 amide bonds. The molecule has 1 aliphatic heterocycles. The number of hydrogen-bond donors (Lipinski definition) is 2. The molecule has 1 unspecified atom stereocenters. The van der Waals surface area contributed by atoms with Crippen LogP contribution in [0.1, 0.15) is 12.8 Å². The van der Waals surface area contributed by atoms with Crippen LogP contribution in [0.4, 0.5) is 4.79 Å². The summed E-state index contributed by atoms with van der Waals surface area (Å²) in [4.78, 5) is 13.5. The molecule has 0 aromatic carbocycles. The van der Waals surface area contributed by atoms with Crippen molar-refractivity contribution in [1.82, 2.24) is 15.5 Å². The van der Waals surface area contributed by atoms with E-state index in [1.165, 1.54) is 0 Å². The molecule has 1 fully saturated rings. The Kier molecular flexibility index (Phi) is 7.71. The maximum Gasteiger partial charge on any atom is 0.314 e. The van der Waals surface area contributed by atoms with Crippen molar-refractivity contribution < 1.29 is 14.3 Å². The monoisotopic (exact) mass is 259 g/mol. The number of hydrogen-bond acceptors (Lipinski definition) is 4. The first kappa shape index (κ1) is 15.2. The van der Waals surface area contributed by atoms with Crippen LogP contribution in [-0.2, 0) is 9.47 Å². The van der Waals surface area contributed by atoms with Crippen LogP contribution < -0.4 is 10.6 Å². The highest BCUT2D eigenvalue weighted by atomic mass is 16.5. The largest absolute Gasteiger partial charge is 0.378 e. The Morgan fingerprint density at radius 3 is 2.89 bits per heavy atom. The number of carbonyl (C=O) groups excluding carboxylic acids is 1. The lowest BCUT2D eigenvalue weighted by atomic mass is 10.2. The van der Waals surface area contributed by atoms with Crippen LogP contribution in [0.5, 0.6) is 0 Å². The van der Waals surface area contributed by atoms with Gasteiger partial charge in [-0.25, -0.2) is 4.79 Å². The van der Waals surface area contributed by atoms with E-state index in [1.807, 2.05) is 14.1 Å². The molecule has 6 heteroatoms. The average Bonchev–Trinajstić information content (AvgIpc) is 2.83. The van der Waals surface area contributed by atoms with Crippen LogP contribution in [0.15, 0.2) is 0 Å². The normalized spacial score (nSPS) is 19.2. The highest BCUT2D eigenvalue weighted by Gasteiger charge is 2.15. The van der Waals surface area contributed by atoms with Gasteiger partial charge in [0.25, 0.3) is 0 Å². The first-order valence-corrected chi connectivity index (χ1v) is 6.54. The van der Waals surface area contributed by atoms with Gasteiger partial charge in [-0.05, 0) is 26.9 Å². The van der Waals surface area contributed by atoms with E-state index in [0.717, 1.165) is 26.0 Å². The molecule has 0 aromatic rings. The van der Waals surface area contributed by atoms with Crippen LogP contribution in [0, 0.1) is 0 Å². The molecule has 1 saturated heterocycles. The summed E-state index contributed by atoms with van der Waals surface area (Å²) in [7, 11) is 4.00. The summed E-state index contributed by atoms with van der Waals surface area (Å²) in [5, 5.41) is 5.55. The van der Waals surface area contributed by atoms with E-state index in [9.17, 15) is 4.79 Å². The average molecular weight is 259 g/mol. The van der Waals surface area contributed by atoms with Crippen molar-refractivity contribution in [1.29, 1.82) is 0 Å². The van der Waals surface area contributed by atoms with Gasteiger partial charge in [-0.1, -0.05) is 0 Å². The number of nitrogens with zero attached hydrogens (tertiary/aromatic N) is 1. The number of amides is 2. The number of ether oxygens (including phenoxy) is 2. The summed E-state index contributed by atoms with van der Waals surface area (Å²) in [6.07, 6.45) is 2.31. The van der Waals surface area contributed by atoms with Crippen molar-refractivity contribution in [2.75, 3.05) is 53.6 Å². The van der Waals surface area contributed by atoms with E-state index in [4.69, 9.17) is 9.47 Å². The Morgan fingerprint density at radius 2 is 2.22 bits per heavy atom. The fourth-order valence-electron chi connectivity index (χ4n) is 1.66. The molecule has 1 heterocycles. The molecule has 0 aromatic heterocycles. The zero-order valence-electron chi connectivity index (χ0n) is 11.4. The Hall–Kier alpha value is -0.850. The third-order valence-electron chi connectivity index (χ3n) is 2.73. The van der Waals surface area contributed by atoms with E-state index >= 15 is 0 Å². The van der Waals surface area contributed by atoms with Crippen LogP contribution in [-0.4, -0.2) is 70.6 Å². The maximum atomic E-state index is 11.4. The van der Waals surface area contributed by atoms with Gasteiger partial charge in [0.2, 0.25) is 0 Å². The molecule has 106 valence electrons. The first-order valence-electron chi connectivity index (χ1n) is 6.54. The lowest BCUT2D eigenvalue weighted by Gasteiger charge is -2.12. The van der Waals surface area contributed by atoms with Gasteiger partial charge < -0.3 is 25.0 Å². The molecule has 1 aliphatic rings. The third kappa shape index (κ3) is 7.47. The number of urea groups is 1. The Bertz CT molecular complexity index is 231. The molecule has 0 saturated carbocycles. The molecule has 2 N–H and O–H groups in total. The predicted molar refractivity (Wildman–Crippen MR) is 69.7 cm³/mol. The van der Waals surface area contributed by atoms with Gasteiger partial charge >= 0.3 is 6.03 Å². The molecular weight excluding hydrogens is 234 g/mol. The van der Waals surface area contributed by atoms with Gasteiger partial charge in [0.15, 0.2) is 0 Å². The van der Waals surface area contributed by atoms with Crippen LogP contribution in [0.2, 0.25) is 0 Å². The first-order chi connectivity index (χ1) is 8.68. The van der Waals surface area contributed by atoms with E-state index in [2.05, 4.69) is 15.5 Å². The number of nitrogens with one attached hydrogen (secondary N) is 2. The fraction of sp³-hybridized carbons (Fsp3) is 0.917. The Morgan fingerprint density at radius 1 is 1.39 bits per heavy atom. The molecule has 1 rings (SSSR count). The lowest BCUT2D eigenvalue weighted by molar-refractivity contribution is 0.110. The van der Waals surface area contributed by atoms with Gasteiger partial charge in [0.1, 0.15) is 0 Å². The summed E-state index contributed by atoms with van der Waals surface area (Å²) in [6.45, 7) is 4.06. The maximum absolute atomic E-state index is 11.4. The zero-order valence-corrected chi connectivity index (χ0v) is 11.4. The second kappa shape index (κ2) is 9.13. The smallest absolute Gasteiger partial charge is 0.314 e. The zero-order chi connectivity index (χ0) is 13.2. The summed E-state index contributed by atoms with van der Waals surface area (Å²) < 4.78 is 10.8. The molecule has 18 heavy (non-hydrogen) atoms. The van der Waals surface area contributed by atoms with Gasteiger partial charge in [0.05, 0.1) is 19.3 Å². The molecule has 1 atom stereocenters. The van der Waals surface area contributed by atoms with Gasteiger partial charge in [-0.15, -0.1) is 0 Å². The SMILES string of the molecule is CN(C)CCOCCNC(=O)NCC1CCCO1. The van der Waals surface area contributed by atoms with Crippen molar-refractivity contribution >= 4 is 6.03 Å². The molecule has 0 aliphatic carbocycles. The molecular formula is C12H25N3O3. The van der Waals surface area contributed by atoms with Crippen LogP contribution in [0.25, 0.3) is 0 Å². The molecule has 0 radical (unpaired) electrons. The second-order valence-electron chi connectivity index (χ2n) is 4.69.